The van der Waals surface area contributed by atoms with Crippen LogP contribution in [0.4, 0.5) is 0 Å². The number of hydrogen-bond donors (Lipinski definition) is 1. The van der Waals surface area contributed by atoms with Crippen molar-refractivity contribution in [1.29, 1.82) is 0 Å². The fourth-order valence-electron chi connectivity index (χ4n) is 2.88. The number of methoxy groups -OCH3 is 1. The van der Waals surface area contributed by atoms with Crippen molar-refractivity contribution in [2.45, 2.75) is 39.8 Å². The molecule has 0 bridgehead atoms. The molecule has 1 aromatic carbocycles. The first-order valence-corrected chi connectivity index (χ1v) is 10.8. The molecule has 0 aliphatic rings. The molecule has 0 saturated heterocycles. The quantitative estimate of drug-likeness (QED) is 0.527. The van der Waals surface area contributed by atoms with Crippen LogP contribution in [0.1, 0.15) is 39.7 Å². The van der Waals surface area contributed by atoms with Gasteiger partial charge in [0.25, 0.3) is 0 Å². The summed E-state index contributed by atoms with van der Waals surface area (Å²) in [6, 6.07) is 8.48. The number of thiazole rings is 1. The van der Waals surface area contributed by atoms with Crippen LogP contribution in [0.15, 0.2) is 35.0 Å². The number of benzene rings is 1. The maximum absolute atomic E-state index is 5.61. The standard InChI is InChI=1S/C21H26N2O2S2/c1-5-25-19-7-6-16(11-20(19)24-4)12-22-18(10-17-8-9-26-13-17)21-23-14(2)15(3)27-21/h6-9,11,13,18,22H,5,10,12H2,1-4H3. The van der Waals surface area contributed by atoms with Gasteiger partial charge in [0, 0.05) is 11.4 Å². The van der Waals surface area contributed by atoms with Gasteiger partial charge in [0.2, 0.25) is 0 Å². The minimum atomic E-state index is 0.189. The highest BCUT2D eigenvalue weighted by Gasteiger charge is 2.18. The van der Waals surface area contributed by atoms with Crippen LogP contribution < -0.4 is 14.8 Å². The molecule has 2 heterocycles. The maximum Gasteiger partial charge on any atom is 0.161 e. The largest absolute Gasteiger partial charge is 0.493 e. The van der Waals surface area contributed by atoms with Crippen molar-refractivity contribution in [1.82, 2.24) is 10.3 Å². The van der Waals surface area contributed by atoms with Gasteiger partial charge in [-0.25, -0.2) is 4.98 Å². The van der Waals surface area contributed by atoms with Crippen LogP contribution in [0.5, 0.6) is 11.5 Å². The Balaban J connectivity index is 1.76. The first-order chi connectivity index (χ1) is 13.1. The van der Waals surface area contributed by atoms with E-state index in [9.17, 15) is 0 Å². The molecule has 0 spiro atoms. The Morgan fingerprint density at radius 2 is 2.00 bits per heavy atom. The Hall–Kier alpha value is -1.89. The Kier molecular flexibility index (Phi) is 6.88. The highest BCUT2D eigenvalue weighted by molar-refractivity contribution is 7.11. The number of aromatic nitrogens is 1. The Bertz CT molecular complexity index is 840. The average molecular weight is 403 g/mol. The van der Waals surface area contributed by atoms with E-state index in [1.54, 1.807) is 29.8 Å². The Morgan fingerprint density at radius 1 is 1.15 bits per heavy atom. The third-order valence-electron chi connectivity index (χ3n) is 4.44. The molecule has 2 aromatic heterocycles. The van der Waals surface area contributed by atoms with Gasteiger partial charge in [-0.1, -0.05) is 6.07 Å². The van der Waals surface area contributed by atoms with Crippen molar-refractivity contribution in [3.8, 4) is 11.5 Å². The molecule has 0 radical (unpaired) electrons. The van der Waals surface area contributed by atoms with E-state index >= 15 is 0 Å². The summed E-state index contributed by atoms with van der Waals surface area (Å²) in [4.78, 5) is 6.07. The van der Waals surface area contributed by atoms with Gasteiger partial charge in [-0.3, -0.25) is 0 Å². The first kappa shape index (κ1) is 19.9. The van der Waals surface area contributed by atoms with Crippen molar-refractivity contribution >= 4 is 22.7 Å². The van der Waals surface area contributed by atoms with E-state index in [0.717, 1.165) is 40.7 Å². The Labute approximate surface area is 169 Å². The van der Waals surface area contributed by atoms with Gasteiger partial charge in [-0.05, 0) is 67.3 Å². The predicted molar refractivity (Wildman–Crippen MR) is 113 cm³/mol. The lowest BCUT2D eigenvalue weighted by atomic mass is 10.1. The molecule has 6 heteroatoms. The zero-order valence-corrected chi connectivity index (χ0v) is 17.9. The van der Waals surface area contributed by atoms with Gasteiger partial charge >= 0.3 is 0 Å². The summed E-state index contributed by atoms with van der Waals surface area (Å²) in [5.41, 5.74) is 3.62. The zero-order chi connectivity index (χ0) is 19.2. The monoisotopic (exact) mass is 402 g/mol. The maximum atomic E-state index is 5.61. The second-order valence-electron chi connectivity index (χ2n) is 6.38. The molecule has 3 rings (SSSR count). The van der Waals surface area contributed by atoms with E-state index < -0.39 is 0 Å². The molecule has 0 saturated carbocycles. The predicted octanol–water partition coefficient (Wildman–Crippen LogP) is 5.30. The highest BCUT2D eigenvalue weighted by Crippen LogP contribution is 2.30. The van der Waals surface area contributed by atoms with Gasteiger partial charge in [-0.2, -0.15) is 11.3 Å². The molecule has 144 valence electrons. The summed E-state index contributed by atoms with van der Waals surface area (Å²) < 4.78 is 11.1. The molecule has 0 aliphatic heterocycles. The summed E-state index contributed by atoms with van der Waals surface area (Å²) in [5.74, 6) is 1.55. The molecule has 0 amide bonds. The summed E-state index contributed by atoms with van der Waals surface area (Å²) >= 11 is 3.52. The summed E-state index contributed by atoms with van der Waals surface area (Å²) in [5, 5.41) is 9.17. The van der Waals surface area contributed by atoms with Crippen LogP contribution in [0.25, 0.3) is 0 Å². The molecule has 1 unspecified atom stereocenters. The van der Waals surface area contributed by atoms with Crippen LogP contribution in [0.2, 0.25) is 0 Å². The van der Waals surface area contributed by atoms with Crippen molar-refractivity contribution in [2.24, 2.45) is 0 Å². The third-order valence-corrected chi connectivity index (χ3v) is 6.36. The zero-order valence-electron chi connectivity index (χ0n) is 16.2. The molecule has 1 atom stereocenters. The number of thiophene rings is 1. The molecular weight excluding hydrogens is 376 g/mol. The van der Waals surface area contributed by atoms with Crippen molar-refractivity contribution in [3.05, 3.63) is 61.7 Å². The van der Waals surface area contributed by atoms with Crippen LogP contribution >= 0.6 is 22.7 Å². The third kappa shape index (κ3) is 5.09. The molecular formula is C21H26N2O2S2. The van der Waals surface area contributed by atoms with Crippen LogP contribution in [-0.2, 0) is 13.0 Å². The molecule has 4 nitrogen and oxygen atoms in total. The SMILES string of the molecule is CCOc1ccc(CNC(Cc2ccsc2)c2nc(C)c(C)s2)cc1OC. The topological polar surface area (TPSA) is 43.4 Å². The molecule has 3 aromatic rings. The highest BCUT2D eigenvalue weighted by atomic mass is 32.1. The Morgan fingerprint density at radius 3 is 2.63 bits per heavy atom. The van der Waals surface area contributed by atoms with E-state index in [-0.39, 0.29) is 6.04 Å². The fourth-order valence-corrected chi connectivity index (χ4v) is 4.56. The number of hydrogen-bond acceptors (Lipinski definition) is 6. The van der Waals surface area contributed by atoms with Crippen molar-refractivity contribution < 1.29 is 9.47 Å². The van der Waals surface area contributed by atoms with E-state index in [2.05, 4.69) is 42.1 Å². The van der Waals surface area contributed by atoms with Crippen molar-refractivity contribution in [2.75, 3.05) is 13.7 Å². The number of nitrogens with zero attached hydrogens (tertiary/aromatic N) is 1. The van der Waals surface area contributed by atoms with E-state index in [1.165, 1.54) is 10.4 Å². The molecule has 0 fully saturated rings. The van der Waals surface area contributed by atoms with Gasteiger partial charge in [0.15, 0.2) is 11.5 Å². The van der Waals surface area contributed by atoms with E-state index in [4.69, 9.17) is 14.5 Å². The second-order valence-corrected chi connectivity index (χ2v) is 8.40. The van der Waals surface area contributed by atoms with Gasteiger partial charge < -0.3 is 14.8 Å². The van der Waals surface area contributed by atoms with Crippen LogP contribution in [0.3, 0.4) is 0 Å². The smallest absolute Gasteiger partial charge is 0.161 e. The summed E-state index contributed by atoms with van der Waals surface area (Å²) in [6.07, 6.45) is 0.935. The number of rotatable bonds is 9. The molecule has 27 heavy (non-hydrogen) atoms. The minimum Gasteiger partial charge on any atom is -0.493 e. The van der Waals surface area contributed by atoms with Gasteiger partial charge in [0.05, 0.1) is 25.5 Å². The van der Waals surface area contributed by atoms with E-state index in [1.807, 2.05) is 19.1 Å². The lowest BCUT2D eigenvalue weighted by Gasteiger charge is -2.17. The second kappa shape index (κ2) is 9.35. The van der Waals surface area contributed by atoms with E-state index in [0.29, 0.717) is 6.61 Å². The number of ether oxygens (including phenoxy) is 2. The lowest BCUT2D eigenvalue weighted by molar-refractivity contribution is 0.310. The van der Waals surface area contributed by atoms with Gasteiger partial charge in [-0.15, -0.1) is 11.3 Å². The first-order valence-electron chi connectivity index (χ1n) is 9.08. The average Bonchev–Trinajstić information content (AvgIpc) is 3.29. The van der Waals surface area contributed by atoms with Crippen molar-refractivity contribution in [3.63, 3.8) is 0 Å². The fraction of sp³-hybridized carbons (Fsp3) is 0.381. The number of nitrogens with one attached hydrogen (secondary N) is 1. The summed E-state index contributed by atoms with van der Waals surface area (Å²) in [7, 11) is 1.68. The molecule has 0 aliphatic carbocycles. The lowest BCUT2D eigenvalue weighted by Crippen LogP contribution is -2.23. The summed E-state index contributed by atoms with van der Waals surface area (Å²) in [6.45, 7) is 7.56. The normalized spacial score (nSPS) is 12.1. The van der Waals surface area contributed by atoms with Gasteiger partial charge in [0.1, 0.15) is 5.01 Å². The minimum absolute atomic E-state index is 0.189. The number of aryl methyl sites for hydroxylation is 2. The molecule has 1 N–H and O–H groups in total. The van der Waals surface area contributed by atoms with Crippen LogP contribution in [0, 0.1) is 13.8 Å². The van der Waals surface area contributed by atoms with Crippen LogP contribution in [-0.4, -0.2) is 18.7 Å².